The molecule has 2 heterocycles. The zero-order valence-corrected chi connectivity index (χ0v) is 10.8. The second-order valence-corrected chi connectivity index (χ2v) is 4.89. The number of nitrogens with zero attached hydrogens (tertiary/aromatic N) is 3. The summed E-state index contributed by atoms with van der Waals surface area (Å²) in [6.45, 7) is 0.782. The van der Waals surface area contributed by atoms with Crippen LogP contribution >= 0.6 is 0 Å². The van der Waals surface area contributed by atoms with Crippen molar-refractivity contribution >= 4 is 23.5 Å². The van der Waals surface area contributed by atoms with E-state index < -0.39 is 11.9 Å². The predicted octanol–water partition coefficient (Wildman–Crippen LogP) is -0.0822. The van der Waals surface area contributed by atoms with Crippen LogP contribution in [0.2, 0.25) is 0 Å². The number of carboxylic acids is 1. The summed E-state index contributed by atoms with van der Waals surface area (Å²) in [6, 6.07) is 0. The van der Waals surface area contributed by atoms with Crippen LogP contribution in [0.5, 0.6) is 0 Å². The molecule has 0 aromatic rings. The van der Waals surface area contributed by atoms with Gasteiger partial charge in [-0.25, -0.2) is 5.01 Å². The quantitative estimate of drug-likeness (QED) is 0.757. The minimum Gasteiger partial charge on any atom is -0.481 e. The summed E-state index contributed by atoms with van der Waals surface area (Å²) >= 11 is 0. The summed E-state index contributed by atoms with van der Waals surface area (Å²) in [5, 5.41) is 14.1. The number of carbonyl (C=O) groups is 3. The molecule has 0 saturated carbocycles. The molecule has 1 N–H and O–H groups in total. The molecule has 0 unspecified atom stereocenters. The molecule has 1 atom stereocenters. The lowest BCUT2D eigenvalue weighted by Crippen LogP contribution is -2.46. The lowest BCUT2D eigenvalue weighted by Gasteiger charge is -2.32. The van der Waals surface area contributed by atoms with Gasteiger partial charge in [0.1, 0.15) is 5.71 Å². The number of rotatable bonds is 2. The molecule has 7 nitrogen and oxygen atoms in total. The Hall–Kier alpha value is -1.92. The molecular weight excluding hydrogens is 250 g/mol. The minimum absolute atomic E-state index is 0.112. The van der Waals surface area contributed by atoms with Gasteiger partial charge in [0.25, 0.3) is 5.91 Å². The monoisotopic (exact) mass is 267 g/mol. The first-order valence-corrected chi connectivity index (χ1v) is 6.35. The Bertz CT molecular complexity index is 446. The van der Waals surface area contributed by atoms with Crippen LogP contribution in [-0.4, -0.2) is 58.6 Å². The molecule has 2 aliphatic rings. The van der Waals surface area contributed by atoms with Crippen LogP contribution in [0.1, 0.15) is 25.7 Å². The summed E-state index contributed by atoms with van der Waals surface area (Å²) in [5.74, 6) is -1.72. The van der Waals surface area contributed by atoms with Crippen LogP contribution in [0.3, 0.4) is 0 Å². The topological polar surface area (TPSA) is 90.3 Å². The number of likely N-dealkylation sites (tertiary alicyclic amines) is 1. The Morgan fingerprint density at radius 2 is 2.11 bits per heavy atom. The second-order valence-electron chi connectivity index (χ2n) is 4.89. The molecule has 0 aromatic heterocycles. The third-order valence-electron chi connectivity index (χ3n) is 3.51. The van der Waals surface area contributed by atoms with Gasteiger partial charge in [-0.2, -0.15) is 5.10 Å². The van der Waals surface area contributed by atoms with Crippen LogP contribution < -0.4 is 0 Å². The number of piperidine rings is 1. The molecule has 0 aliphatic carbocycles. The van der Waals surface area contributed by atoms with Crippen molar-refractivity contribution in [3.05, 3.63) is 0 Å². The molecule has 2 rings (SSSR count). The van der Waals surface area contributed by atoms with E-state index in [1.54, 1.807) is 0 Å². The van der Waals surface area contributed by atoms with Crippen molar-refractivity contribution in [1.29, 1.82) is 0 Å². The number of hydrazone groups is 1. The maximum absolute atomic E-state index is 12.2. The van der Waals surface area contributed by atoms with Crippen molar-refractivity contribution in [1.82, 2.24) is 9.91 Å². The first-order valence-electron chi connectivity index (χ1n) is 6.35. The average Bonchev–Trinajstić information content (AvgIpc) is 2.41. The van der Waals surface area contributed by atoms with Gasteiger partial charge in [0.05, 0.1) is 5.92 Å². The summed E-state index contributed by atoms with van der Waals surface area (Å²) in [4.78, 5) is 36.0. The van der Waals surface area contributed by atoms with Gasteiger partial charge in [-0.15, -0.1) is 0 Å². The Morgan fingerprint density at radius 3 is 2.74 bits per heavy atom. The van der Waals surface area contributed by atoms with Gasteiger partial charge >= 0.3 is 5.97 Å². The predicted molar refractivity (Wildman–Crippen MR) is 66.4 cm³/mol. The Labute approximate surface area is 110 Å². The van der Waals surface area contributed by atoms with E-state index in [-0.39, 0.29) is 24.8 Å². The van der Waals surface area contributed by atoms with Crippen LogP contribution in [0.25, 0.3) is 0 Å². The number of amides is 2. The van der Waals surface area contributed by atoms with E-state index in [1.165, 1.54) is 17.0 Å². The van der Waals surface area contributed by atoms with Gasteiger partial charge in [-0.3, -0.25) is 14.4 Å². The fourth-order valence-corrected chi connectivity index (χ4v) is 2.37. The van der Waals surface area contributed by atoms with Crippen molar-refractivity contribution in [2.24, 2.45) is 11.0 Å². The Morgan fingerprint density at radius 1 is 1.37 bits per heavy atom. The highest BCUT2D eigenvalue weighted by atomic mass is 16.4. The highest BCUT2D eigenvalue weighted by molar-refractivity contribution is 6.39. The highest BCUT2D eigenvalue weighted by Crippen LogP contribution is 2.18. The maximum Gasteiger partial charge on any atom is 0.308 e. The first-order chi connectivity index (χ1) is 8.99. The van der Waals surface area contributed by atoms with Crippen LogP contribution in [0, 0.1) is 5.92 Å². The molecule has 1 fully saturated rings. The van der Waals surface area contributed by atoms with E-state index in [1.807, 2.05) is 0 Å². The minimum atomic E-state index is -0.865. The third-order valence-corrected chi connectivity index (χ3v) is 3.51. The molecule has 19 heavy (non-hydrogen) atoms. The molecule has 0 bridgehead atoms. The standard InChI is InChI=1S/C12H17N3O4/c1-14-10(16)5-4-9(13-14)11(17)15-6-2-3-8(7-15)12(18)19/h8H,2-7H2,1H3,(H,18,19)/t8-/m1/s1. The summed E-state index contributed by atoms with van der Waals surface area (Å²) in [7, 11) is 1.52. The fourth-order valence-electron chi connectivity index (χ4n) is 2.37. The summed E-state index contributed by atoms with van der Waals surface area (Å²) < 4.78 is 0. The van der Waals surface area contributed by atoms with Gasteiger partial charge < -0.3 is 10.0 Å². The smallest absolute Gasteiger partial charge is 0.308 e. The van der Waals surface area contributed by atoms with E-state index in [9.17, 15) is 14.4 Å². The highest BCUT2D eigenvalue weighted by Gasteiger charge is 2.31. The van der Waals surface area contributed by atoms with Crippen molar-refractivity contribution in [3.63, 3.8) is 0 Å². The lowest BCUT2D eigenvalue weighted by atomic mass is 9.97. The van der Waals surface area contributed by atoms with Gasteiger partial charge in [-0.1, -0.05) is 0 Å². The molecule has 7 heteroatoms. The number of hydrogen-bond acceptors (Lipinski definition) is 4. The Kier molecular flexibility index (Phi) is 3.82. The molecule has 0 spiro atoms. The molecule has 0 aromatic carbocycles. The van der Waals surface area contributed by atoms with Gasteiger partial charge in [0.15, 0.2) is 0 Å². The average molecular weight is 267 g/mol. The lowest BCUT2D eigenvalue weighted by molar-refractivity contribution is -0.144. The molecule has 1 saturated heterocycles. The van der Waals surface area contributed by atoms with E-state index in [0.717, 1.165) is 0 Å². The number of hydrogen-bond donors (Lipinski definition) is 1. The van der Waals surface area contributed by atoms with Crippen LogP contribution in [0.15, 0.2) is 5.10 Å². The Balaban J connectivity index is 2.05. The van der Waals surface area contributed by atoms with E-state index in [4.69, 9.17) is 5.11 Å². The molecule has 2 aliphatic heterocycles. The zero-order chi connectivity index (χ0) is 14.0. The summed E-state index contributed by atoms with van der Waals surface area (Å²) in [5.41, 5.74) is 0.341. The van der Waals surface area contributed by atoms with Crippen molar-refractivity contribution < 1.29 is 19.5 Å². The number of aliphatic carboxylic acids is 1. The first kappa shape index (κ1) is 13.5. The van der Waals surface area contributed by atoms with Crippen molar-refractivity contribution in [2.75, 3.05) is 20.1 Å². The molecular formula is C12H17N3O4. The van der Waals surface area contributed by atoms with Crippen molar-refractivity contribution in [3.8, 4) is 0 Å². The summed E-state index contributed by atoms with van der Waals surface area (Å²) in [6.07, 6.45) is 1.89. The number of carboxylic acid groups (broad SMARTS) is 1. The molecule has 104 valence electrons. The van der Waals surface area contributed by atoms with Gasteiger partial charge in [0, 0.05) is 33.0 Å². The largest absolute Gasteiger partial charge is 0.481 e. The fraction of sp³-hybridized carbons (Fsp3) is 0.667. The SMILES string of the molecule is CN1N=C(C(=O)N2CCC[C@@H](C(=O)O)C2)CCC1=O. The molecule has 0 radical (unpaired) electrons. The maximum atomic E-state index is 12.2. The second kappa shape index (κ2) is 5.38. The third kappa shape index (κ3) is 2.91. The number of carbonyl (C=O) groups excluding carboxylic acids is 2. The van der Waals surface area contributed by atoms with Crippen LogP contribution in [-0.2, 0) is 14.4 Å². The zero-order valence-electron chi connectivity index (χ0n) is 10.8. The van der Waals surface area contributed by atoms with E-state index in [0.29, 0.717) is 31.5 Å². The normalized spacial score (nSPS) is 24.2. The van der Waals surface area contributed by atoms with E-state index in [2.05, 4.69) is 5.10 Å². The molecule has 2 amide bonds. The van der Waals surface area contributed by atoms with Crippen LogP contribution in [0.4, 0.5) is 0 Å². The van der Waals surface area contributed by atoms with Gasteiger partial charge in [0.2, 0.25) is 5.91 Å². The van der Waals surface area contributed by atoms with Gasteiger partial charge in [-0.05, 0) is 12.8 Å². The van der Waals surface area contributed by atoms with Crippen molar-refractivity contribution in [2.45, 2.75) is 25.7 Å². The van der Waals surface area contributed by atoms with E-state index >= 15 is 0 Å².